The average molecular weight is 429 g/mol. The summed E-state index contributed by atoms with van der Waals surface area (Å²) in [6.07, 6.45) is 2.17. The molecule has 4 rings (SSSR count). The SMILES string of the molecule is CC(C)NC(=O)O[C@@H]1CC[C@H](c2cc(Nc3ccc4c(c3)OCO4)n(C(C)(C)C)n2)C1. The summed E-state index contributed by atoms with van der Waals surface area (Å²) in [6.45, 7) is 10.5. The van der Waals surface area contributed by atoms with E-state index in [1.54, 1.807) is 0 Å². The Bertz CT molecular complexity index is 948. The van der Waals surface area contributed by atoms with Crippen LogP contribution in [0.2, 0.25) is 0 Å². The molecule has 31 heavy (non-hydrogen) atoms. The predicted octanol–water partition coefficient (Wildman–Crippen LogP) is 4.88. The van der Waals surface area contributed by atoms with Crippen LogP contribution in [0.15, 0.2) is 24.3 Å². The van der Waals surface area contributed by atoms with Crippen molar-refractivity contribution in [3.8, 4) is 11.5 Å². The van der Waals surface area contributed by atoms with Gasteiger partial charge in [-0.15, -0.1) is 0 Å². The van der Waals surface area contributed by atoms with E-state index < -0.39 is 0 Å². The highest BCUT2D eigenvalue weighted by atomic mass is 16.7. The number of benzene rings is 1. The largest absolute Gasteiger partial charge is 0.454 e. The topological polar surface area (TPSA) is 86.6 Å². The van der Waals surface area contributed by atoms with Crippen molar-refractivity contribution in [2.24, 2.45) is 0 Å². The van der Waals surface area contributed by atoms with Crippen molar-refractivity contribution in [3.63, 3.8) is 0 Å². The molecule has 1 amide bonds. The van der Waals surface area contributed by atoms with Crippen LogP contribution < -0.4 is 20.1 Å². The van der Waals surface area contributed by atoms with Gasteiger partial charge >= 0.3 is 6.09 Å². The van der Waals surface area contributed by atoms with Gasteiger partial charge < -0.3 is 24.8 Å². The van der Waals surface area contributed by atoms with E-state index in [1.807, 2.05) is 36.7 Å². The van der Waals surface area contributed by atoms with E-state index in [1.165, 1.54) is 0 Å². The van der Waals surface area contributed by atoms with Gasteiger partial charge in [-0.05, 0) is 66.0 Å². The molecular formula is C23H32N4O4. The lowest BCUT2D eigenvalue weighted by Crippen LogP contribution is -2.33. The molecule has 2 atom stereocenters. The zero-order chi connectivity index (χ0) is 22.2. The molecule has 2 N–H and O–H groups in total. The van der Waals surface area contributed by atoms with Crippen LogP contribution in [0.4, 0.5) is 16.3 Å². The number of carbonyl (C=O) groups excluding carboxylic acids is 1. The summed E-state index contributed by atoms with van der Waals surface area (Å²) < 4.78 is 18.5. The lowest BCUT2D eigenvalue weighted by Gasteiger charge is -2.23. The van der Waals surface area contributed by atoms with Crippen LogP contribution in [0.25, 0.3) is 0 Å². The third kappa shape index (κ3) is 4.89. The molecule has 0 radical (unpaired) electrons. The van der Waals surface area contributed by atoms with E-state index >= 15 is 0 Å². The predicted molar refractivity (Wildman–Crippen MR) is 118 cm³/mol. The minimum atomic E-state index is -0.342. The number of amides is 1. The van der Waals surface area contributed by atoms with Crippen LogP contribution in [-0.2, 0) is 10.3 Å². The van der Waals surface area contributed by atoms with Crippen molar-refractivity contribution in [1.82, 2.24) is 15.1 Å². The second-order valence-electron chi connectivity index (χ2n) is 9.57. The molecule has 2 heterocycles. The van der Waals surface area contributed by atoms with Crippen LogP contribution >= 0.6 is 0 Å². The van der Waals surface area contributed by atoms with E-state index in [2.05, 4.69) is 37.5 Å². The van der Waals surface area contributed by atoms with E-state index in [9.17, 15) is 4.79 Å². The summed E-state index contributed by atoms with van der Waals surface area (Å²) in [5, 5.41) is 11.2. The average Bonchev–Trinajstić information content (AvgIpc) is 3.39. The molecule has 2 aromatic rings. The first-order valence-electron chi connectivity index (χ1n) is 10.9. The number of alkyl carbamates (subject to hydrolysis) is 1. The molecule has 0 unspecified atom stereocenters. The highest BCUT2D eigenvalue weighted by Crippen LogP contribution is 2.39. The van der Waals surface area contributed by atoms with Gasteiger partial charge in [0.2, 0.25) is 6.79 Å². The fourth-order valence-corrected chi connectivity index (χ4v) is 4.06. The molecule has 8 nitrogen and oxygen atoms in total. The maximum Gasteiger partial charge on any atom is 0.407 e. The zero-order valence-corrected chi connectivity index (χ0v) is 18.9. The van der Waals surface area contributed by atoms with Crippen molar-refractivity contribution >= 4 is 17.6 Å². The Hall–Kier alpha value is -2.90. The summed E-state index contributed by atoms with van der Waals surface area (Å²) in [7, 11) is 0. The maximum absolute atomic E-state index is 11.9. The number of aromatic nitrogens is 2. The van der Waals surface area contributed by atoms with Crippen LogP contribution in [0.3, 0.4) is 0 Å². The molecule has 8 heteroatoms. The van der Waals surface area contributed by atoms with Crippen molar-refractivity contribution in [2.45, 2.75) is 77.5 Å². The van der Waals surface area contributed by atoms with Gasteiger partial charge in [0.25, 0.3) is 0 Å². The van der Waals surface area contributed by atoms with Gasteiger partial charge in [0.1, 0.15) is 11.9 Å². The molecule has 0 bridgehead atoms. The standard InChI is InChI=1S/C23H32N4O4/c1-14(2)24-22(28)31-17-8-6-15(10-17)18-12-21(27(26-18)23(3,4)5)25-16-7-9-19-20(11-16)30-13-29-19/h7,9,11-12,14-15,17,25H,6,8,10,13H2,1-5H3,(H,24,28)/t15-,17+/m0/s1. The summed E-state index contributed by atoms with van der Waals surface area (Å²) in [6, 6.07) is 7.99. The molecule has 0 saturated heterocycles. The number of ether oxygens (including phenoxy) is 3. The van der Waals surface area contributed by atoms with Gasteiger partial charge in [0, 0.05) is 29.8 Å². The Kier molecular flexibility index (Phi) is 5.73. The Morgan fingerprint density at radius 3 is 2.71 bits per heavy atom. The summed E-state index contributed by atoms with van der Waals surface area (Å²) >= 11 is 0. The summed E-state index contributed by atoms with van der Waals surface area (Å²) in [5.41, 5.74) is 1.75. The molecular weight excluding hydrogens is 396 g/mol. The van der Waals surface area contributed by atoms with E-state index in [0.717, 1.165) is 48.0 Å². The fraction of sp³-hybridized carbons (Fsp3) is 0.565. The number of anilines is 2. The number of carbonyl (C=O) groups is 1. The fourth-order valence-electron chi connectivity index (χ4n) is 4.06. The van der Waals surface area contributed by atoms with Gasteiger partial charge in [-0.25, -0.2) is 9.48 Å². The number of nitrogens with one attached hydrogen (secondary N) is 2. The molecule has 0 spiro atoms. The normalized spacial score (nSPS) is 20.2. The van der Waals surface area contributed by atoms with Crippen LogP contribution in [-0.4, -0.2) is 34.8 Å². The second-order valence-corrected chi connectivity index (χ2v) is 9.57. The summed E-state index contributed by atoms with van der Waals surface area (Å²) in [5.74, 6) is 2.68. The molecule has 1 aromatic carbocycles. The van der Waals surface area contributed by atoms with Crippen molar-refractivity contribution in [1.29, 1.82) is 0 Å². The third-order valence-electron chi connectivity index (χ3n) is 5.49. The van der Waals surface area contributed by atoms with Gasteiger partial charge in [0.15, 0.2) is 11.5 Å². The second kappa shape index (κ2) is 8.32. The number of fused-ring (bicyclic) bond motifs is 1. The monoisotopic (exact) mass is 428 g/mol. The molecule has 1 aliphatic heterocycles. The number of nitrogens with zero attached hydrogens (tertiary/aromatic N) is 2. The first-order chi connectivity index (χ1) is 14.7. The minimum Gasteiger partial charge on any atom is -0.454 e. The minimum absolute atomic E-state index is 0.0667. The van der Waals surface area contributed by atoms with Crippen LogP contribution in [0, 0.1) is 0 Å². The molecule has 1 fully saturated rings. The summed E-state index contributed by atoms with van der Waals surface area (Å²) in [4.78, 5) is 11.9. The first kappa shape index (κ1) is 21.3. The first-order valence-corrected chi connectivity index (χ1v) is 10.9. The number of rotatable bonds is 5. The van der Waals surface area contributed by atoms with Crippen LogP contribution in [0.1, 0.15) is 65.5 Å². The molecule has 1 saturated carbocycles. The van der Waals surface area contributed by atoms with Gasteiger partial charge in [-0.1, -0.05) is 0 Å². The molecule has 1 aromatic heterocycles. The quantitative estimate of drug-likeness (QED) is 0.706. The van der Waals surface area contributed by atoms with Gasteiger partial charge in [0.05, 0.1) is 11.2 Å². The lowest BCUT2D eigenvalue weighted by atomic mass is 10.0. The smallest absolute Gasteiger partial charge is 0.407 e. The Labute approximate surface area is 183 Å². The molecule has 2 aliphatic rings. The van der Waals surface area contributed by atoms with Gasteiger partial charge in [-0.3, -0.25) is 0 Å². The van der Waals surface area contributed by atoms with Crippen molar-refractivity contribution in [3.05, 3.63) is 30.0 Å². The highest BCUT2D eigenvalue weighted by Gasteiger charge is 2.32. The van der Waals surface area contributed by atoms with E-state index in [4.69, 9.17) is 19.3 Å². The molecule has 1 aliphatic carbocycles. The van der Waals surface area contributed by atoms with E-state index in [-0.39, 0.29) is 36.5 Å². The Balaban J connectivity index is 1.49. The number of hydrogen-bond acceptors (Lipinski definition) is 6. The highest BCUT2D eigenvalue weighted by molar-refractivity contribution is 5.67. The lowest BCUT2D eigenvalue weighted by molar-refractivity contribution is 0.0981. The van der Waals surface area contributed by atoms with Crippen molar-refractivity contribution in [2.75, 3.05) is 12.1 Å². The zero-order valence-electron chi connectivity index (χ0n) is 18.9. The third-order valence-corrected chi connectivity index (χ3v) is 5.49. The van der Waals surface area contributed by atoms with Crippen molar-refractivity contribution < 1.29 is 19.0 Å². The number of hydrogen-bond donors (Lipinski definition) is 2. The Morgan fingerprint density at radius 1 is 1.19 bits per heavy atom. The van der Waals surface area contributed by atoms with E-state index in [0.29, 0.717) is 0 Å². The van der Waals surface area contributed by atoms with Crippen LogP contribution in [0.5, 0.6) is 11.5 Å². The van der Waals surface area contributed by atoms with Gasteiger partial charge in [-0.2, -0.15) is 5.10 Å². The molecule has 168 valence electrons. The Morgan fingerprint density at radius 2 is 1.97 bits per heavy atom. The maximum atomic E-state index is 11.9.